The molecule has 0 aliphatic carbocycles. The van der Waals surface area contributed by atoms with Gasteiger partial charge in [0.05, 0.1) is 33.4 Å². The van der Waals surface area contributed by atoms with Crippen LogP contribution in [0.25, 0.3) is 0 Å². The molecule has 0 N–H and O–H groups in total. The van der Waals surface area contributed by atoms with Crippen molar-refractivity contribution in [2.45, 2.75) is 6.42 Å². The minimum absolute atomic E-state index is 0.109. The predicted octanol–water partition coefficient (Wildman–Crippen LogP) is 1.32. The number of benzene rings is 1. The molecular formula is C14H19NO4. The Bertz CT molecular complexity index is 416. The lowest BCUT2D eigenvalue weighted by Crippen LogP contribution is -2.41. The van der Waals surface area contributed by atoms with Gasteiger partial charge < -0.3 is 19.1 Å². The fourth-order valence-corrected chi connectivity index (χ4v) is 1.96. The SMILES string of the molecule is COc1ccccc1OCCC(=O)N1CCOCC1. The van der Waals surface area contributed by atoms with Gasteiger partial charge in [-0.05, 0) is 12.1 Å². The number of nitrogens with zero attached hydrogens (tertiary/aromatic N) is 1. The third kappa shape index (κ3) is 3.86. The van der Waals surface area contributed by atoms with E-state index in [4.69, 9.17) is 14.2 Å². The molecule has 1 amide bonds. The summed E-state index contributed by atoms with van der Waals surface area (Å²) < 4.78 is 16.0. The Morgan fingerprint density at radius 1 is 1.26 bits per heavy atom. The molecule has 1 fully saturated rings. The van der Waals surface area contributed by atoms with E-state index in [1.807, 2.05) is 29.2 Å². The van der Waals surface area contributed by atoms with Crippen molar-refractivity contribution in [3.63, 3.8) is 0 Å². The van der Waals surface area contributed by atoms with Gasteiger partial charge >= 0.3 is 0 Å². The van der Waals surface area contributed by atoms with Crippen LogP contribution in [0.4, 0.5) is 0 Å². The summed E-state index contributed by atoms with van der Waals surface area (Å²) in [6, 6.07) is 7.42. The number of hydrogen-bond donors (Lipinski definition) is 0. The molecule has 5 heteroatoms. The van der Waals surface area contributed by atoms with Crippen molar-refractivity contribution < 1.29 is 19.0 Å². The first-order valence-corrected chi connectivity index (χ1v) is 6.42. The minimum atomic E-state index is 0.109. The highest BCUT2D eigenvalue weighted by atomic mass is 16.5. The summed E-state index contributed by atoms with van der Waals surface area (Å²) in [6.07, 6.45) is 0.373. The molecule has 1 aliphatic rings. The number of hydrogen-bond acceptors (Lipinski definition) is 4. The predicted molar refractivity (Wildman–Crippen MR) is 70.5 cm³/mol. The summed E-state index contributed by atoms with van der Waals surface area (Å²) in [5.74, 6) is 1.46. The molecule has 1 aliphatic heterocycles. The fraction of sp³-hybridized carbons (Fsp3) is 0.500. The van der Waals surface area contributed by atoms with Gasteiger partial charge in [0, 0.05) is 13.1 Å². The Balaban J connectivity index is 1.78. The number of ether oxygens (including phenoxy) is 3. The van der Waals surface area contributed by atoms with Gasteiger partial charge in [0.1, 0.15) is 0 Å². The zero-order chi connectivity index (χ0) is 13.5. The van der Waals surface area contributed by atoms with E-state index in [0.29, 0.717) is 50.8 Å². The van der Waals surface area contributed by atoms with E-state index >= 15 is 0 Å². The molecule has 104 valence electrons. The van der Waals surface area contributed by atoms with Crippen LogP contribution >= 0.6 is 0 Å². The Morgan fingerprint density at radius 2 is 1.95 bits per heavy atom. The maximum absolute atomic E-state index is 11.9. The zero-order valence-corrected chi connectivity index (χ0v) is 11.1. The van der Waals surface area contributed by atoms with E-state index < -0.39 is 0 Å². The summed E-state index contributed by atoms with van der Waals surface area (Å²) >= 11 is 0. The van der Waals surface area contributed by atoms with Gasteiger partial charge in [0.2, 0.25) is 5.91 Å². The Morgan fingerprint density at radius 3 is 2.63 bits per heavy atom. The molecule has 0 spiro atoms. The first kappa shape index (κ1) is 13.7. The smallest absolute Gasteiger partial charge is 0.226 e. The monoisotopic (exact) mass is 265 g/mol. The third-order valence-corrected chi connectivity index (χ3v) is 3.01. The number of rotatable bonds is 5. The molecule has 0 atom stereocenters. The number of methoxy groups -OCH3 is 1. The van der Waals surface area contributed by atoms with Crippen molar-refractivity contribution in [3.8, 4) is 11.5 Å². The lowest BCUT2D eigenvalue weighted by Gasteiger charge is -2.26. The molecule has 1 saturated heterocycles. The Labute approximate surface area is 113 Å². The van der Waals surface area contributed by atoms with Gasteiger partial charge in [0.15, 0.2) is 11.5 Å². The van der Waals surface area contributed by atoms with E-state index in [1.54, 1.807) is 7.11 Å². The number of morpholine rings is 1. The molecule has 0 saturated carbocycles. The molecule has 0 aromatic heterocycles. The average Bonchev–Trinajstić information content (AvgIpc) is 2.48. The quantitative estimate of drug-likeness (QED) is 0.805. The van der Waals surface area contributed by atoms with Gasteiger partial charge in [0.25, 0.3) is 0 Å². The van der Waals surface area contributed by atoms with Gasteiger partial charge in [-0.25, -0.2) is 0 Å². The maximum atomic E-state index is 11.9. The maximum Gasteiger partial charge on any atom is 0.226 e. The molecule has 1 heterocycles. The molecule has 2 rings (SSSR count). The first-order chi connectivity index (χ1) is 9.31. The van der Waals surface area contributed by atoms with Gasteiger partial charge in [-0.15, -0.1) is 0 Å². The van der Waals surface area contributed by atoms with Crippen molar-refractivity contribution in [2.75, 3.05) is 40.0 Å². The lowest BCUT2D eigenvalue weighted by atomic mass is 10.3. The number of para-hydroxylation sites is 2. The highest BCUT2D eigenvalue weighted by Gasteiger charge is 2.16. The van der Waals surface area contributed by atoms with Gasteiger partial charge in [-0.3, -0.25) is 4.79 Å². The van der Waals surface area contributed by atoms with Crippen LogP contribution in [-0.4, -0.2) is 50.8 Å². The second-order valence-corrected chi connectivity index (χ2v) is 4.24. The second kappa shape index (κ2) is 6.99. The average molecular weight is 265 g/mol. The van der Waals surface area contributed by atoms with Crippen LogP contribution in [0.15, 0.2) is 24.3 Å². The molecular weight excluding hydrogens is 246 g/mol. The van der Waals surface area contributed by atoms with E-state index in [2.05, 4.69) is 0 Å². The Hall–Kier alpha value is -1.75. The number of carbonyl (C=O) groups excluding carboxylic acids is 1. The summed E-state index contributed by atoms with van der Waals surface area (Å²) in [6.45, 7) is 2.95. The summed E-state index contributed by atoms with van der Waals surface area (Å²) in [5, 5.41) is 0. The van der Waals surface area contributed by atoms with Crippen molar-refractivity contribution in [3.05, 3.63) is 24.3 Å². The third-order valence-electron chi connectivity index (χ3n) is 3.01. The number of amides is 1. The highest BCUT2D eigenvalue weighted by molar-refractivity contribution is 5.76. The summed E-state index contributed by atoms with van der Waals surface area (Å²) in [5.41, 5.74) is 0. The van der Waals surface area contributed by atoms with Gasteiger partial charge in [-0.2, -0.15) is 0 Å². The van der Waals surface area contributed by atoms with E-state index in [-0.39, 0.29) is 5.91 Å². The minimum Gasteiger partial charge on any atom is -0.493 e. The molecule has 0 bridgehead atoms. The zero-order valence-electron chi connectivity index (χ0n) is 11.1. The topological polar surface area (TPSA) is 48.0 Å². The van der Waals surface area contributed by atoms with Crippen molar-refractivity contribution >= 4 is 5.91 Å². The molecule has 0 radical (unpaired) electrons. The van der Waals surface area contributed by atoms with Crippen LogP contribution < -0.4 is 9.47 Å². The van der Waals surface area contributed by atoms with Crippen LogP contribution in [0.3, 0.4) is 0 Å². The van der Waals surface area contributed by atoms with Crippen LogP contribution in [0.2, 0.25) is 0 Å². The molecule has 19 heavy (non-hydrogen) atoms. The van der Waals surface area contributed by atoms with Crippen LogP contribution in [0.5, 0.6) is 11.5 Å². The largest absolute Gasteiger partial charge is 0.493 e. The second-order valence-electron chi connectivity index (χ2n) is 4.24. The van der Waals surface area contributed by atoms with E-state index in [0.717, 1.165) is 0 Å². The summed E-state index contributed by atoms with van der Waals surface area (Å²) in [7, 11) is 1.60. The lowest BCUT2D eigenvalue weighted by molar-refractivity contribution is -0.135. The summed E-state index contributed by atoms with van der Waals surface area (Å²) in [4.78, 5) is 13.7. The Kier molecular flexibility index (Phi) is 5.03. The molecule has 5 nitrogen and oxygen atoms in total. The van der Waals surface area contributed by atoms with Crippen LogP contribution in [0, 0.1) is 0 Å². The molecule has 1 aromatic rings. The van der Waals surface area contributed by atoms with Crippen LogP contribution in [-0.2, 0) is 9.53 Å². The standard InChI is InChI=1S/C14H19NO4/c1-17-12-4-2-3-5-13(12)19-9-6-14(16)15-7-10-18-11-8-15/h2-5H,6-11H2,1H3. The normalized spacial score (nSPS) is 15.1. The van der Waals surface area contributed by atoms with Crippen LogP contribution in [0.1, 0.15) is 6.42 Å². The number of carbonyl (C=O) groups is 1. The molecule has 1 aromatic carbocycles. The van der Waals surface area contributed by atoms with Crippen molar-refractivity contribution in [1.82, 2.24) is 4.90 Å². The molecule has 0 unspecified atom stereocenters. The van der Waals surface area contributed by atoms with Crippen molar-refractivity contribution in [2.24, 2.45) is 0 Å². The highest BCUT2D eigenvalue weighted by Crippen LogP contribution is 2.25. The first-order valence-electron chi connectivity index (χ1n) is 6.42. The van der Waals surface area contributed by atoms with E-state index in [1.165, 1.54) is 0 Å². The van der Waals surface area contributed by atoms with Gasteiger partial charge in [-0.1, -0.05) is 12.1 Å². The fourth-order valence-electron chi connectivity index (χ4n) is 1.96. The van der Waals surface area contributed by atoms with Crippen molar-refractivity contribution in [1.29, 1.82) is 0 Å². The van der Waals surface area contributed by atoms with E-state index in [9.17, 15) is 4.79 Å².